The van der Waals surface area contributed by atoms with E-state index >= 15 is 0 Å². The first-order valence-electron chi connectivity index (χ1n) is 6.86. The molecule has 0 saturated heterocycles. The molecule has 0 aromatic heterocycles. The summed E-state index contributed by atoms with van der Waals surface area (Å²) < 4.78 is 0. The lowest BCUT2D eigenvalue weighted by atomic mass is 10.2. The molecule has 134 valence electrons. The Morgan fingerprint density at radius 3 is 1.33 bits per heavy atom. The summed E-state index contributed by atoms with van der Waals surface area (Å²) in [5.41, 5.74) is -3.95. The van der Waals surface area contributed by atoms with Gasteiger partial charge in [-0.15, -0.1) is 0 Å². The highest BCUT2D eigenvalue weighted by atomic mass is 16.6. The number of aromatic hydroxyl groups is 2. The van der Waals surface area contributed by atoms with Crippen LogP contribution in [-0.2, 0) is 0 Å². The van der Waals surface area contributed by atoms with Gasteiger partial charge in [0.05, 0.1) is 14.8 Å². The van der Waals surface area contributed by atoms with Crippen molar-refractivity contribution in [3.63, 3.8) is 0 Å². The molecule has 0 amide bonds. The van der Waals surface area contributed by atoms with Crippen molar-refractivity contribution >= 4 is 17.1 Å². The summed E-state index contributed by atoms with van der Waals surface area (Å²) in [6.07, 6.45) is 0. The maximum Gasteiger partial charge on any atom is 0.366 e. The molecule has 24 heavy (non-hydrogen) atoms. The number of nitro benzene ring substituents is 3. The minimum absolute atomic E-state index is 0.234. The van der Waals surface area contributed by atoms with Crippen LogP contribution in [0.5, 0.6) is 11.5 Å². The molecule has 1 rings (SSSR count). The zero-order valence-electron chi connectivity index (χ0n) is 13.3. The Labute approximate surface area is 136 Å². The number of phenols is 2. The third-order valence-electron chi connectivity index (χ3n) is 3.12. The van der Waals surface area contributed by atoms with Crippen molar-refractivity contribution in [1.82, 2.24) is 4.90 Å². The van der Waals surface area contributed by atoms with Gasteiger partial charge in [-0.05, 0) is 19.6 Å². The monoisotopic (exact) mass is 346 g/mol. The molecule has 0 saturated carbocycles. The molecule has 0 atom stereocenters. The van der Waals surface area contributed by atoms with Crippen LogP contribution in [0.25, 0.3) is 0 Å². The van der Waals surface area contributed by atoms with E-state index in [4.69, 9.17) is 10.2 Å². The molecule has 1 aromatic rings. The largest absolute Gasteiger partial charge is 0.497 e. The van der Waals surface area contributed by atoms with Crippen molar-refractivity contribution < 1.29 is 25.0 Å². The normalized spacial score (nSPS) is 10.0. The van der Waals surface area contributed by atoms with Crippen LogP contribution >= 0.6 is 0 Å². The van der Waals surface area contributed by atoms with E-state index in [1.807, 2.05) is 0 Å². The molecule has 12 heteroatoms. The fourth-order valence-electron chi connectivity index (χ4n) is 1.74. The van der Waals surface area contributed by atoms with E-state index in [0.717, 1.165) is 0 Å². The molecular weight excluding hydrogens is 328 g/mol. The summed E-state index contributed by atoms with van der Waals surface area (Å²) in [7, 11) is 0. The van der Waals surface area contributed by atoms with Gasteiger partial charge in [-0.25, -0.2) is 0 Å². The summed E-state index contributed by atoms with van der Waals surface area (Å²) in [6.45, 7) is 10.1. The highest BCUT2D eigenvalue weighted by Gasteiger charge is 2.36. The summed E-state index contributed by atoms with van der Waals surface area (Å²) in [5, 5.41) is 49.5. The SMILES string of the molecule is CCN(CC)CC.O=[N+]([O-])c1cc([N+](=O)[O-])c(O)c([N+](=O)[O-])c1O. The fraction of sp³-hybridized carbons (Fsp3) is 0.500. The lowest BCUT2D eigenvalue weighted by Crippen LogP contribution is -2.21. The van der Waals surface area contributed by atoms with Gasteiger partial charge in [-0.3, -0.25) is 30.3 Å². The van der Waals surface area contributed by atoms with E-state index in [0.29, 0.717) is 0 Å². The van der Waals surface area contributed by atoms with Gasteiger partial charge in [0.15, 0.2) is 0 Å². The van der Waals surface area contributed by atoms with Gasteiger partial charge in [0, 0.05) is 0 Å². The van der Waals surface area contributed by atoms with Gasteiger partial charge in [0.2, 0.25) is 0 Å². The molecule has 0 fully saturated rings. The van der Waals surface area contributed by atoms with Crippen LogP contribution in [0, 0.1) is 30.3 Å². The molecular formula is C12H18N4O8. The van der Waals surface area contributed by atoms with Crippen molar-refractivity contribution in [2.75, 3.05) is 19.6 Å². The van der Waals surface area contributed by atoms with Gasteiger partial charge in [0.25, 0.3) is 11.5 Å². The summed E-state index contributed by atoms with van der Waals surface area (Å²) >= 11 is 0. The third kappa shape index (κ3) is 5.01. The van der Waals surface area contributed by atoms with E-state index < -0.39 is 43.3 Å². The van der Waals surface area contributed by atoms with Gasteiger partial charge >= 0.3 is 17.1 Å². The van der Waals surface area contributed by atoms with Crippen molar-refractivity contribution in [1.29, 1.82) is 0 Å². The van der Waals surface area contributed by atoms with Gasteiger partial charge in [0.1, 0.15) is 6.07 Å². The first kappa shape index (κ1) is 21.0. The van der Waals surface area contributed by atoms with E-state index in [9.17, 15) is 30.3 Å². The fourth-order valence-corrected chi connectivity index (χ4v) is 1.74. The number of phenolic OH excluding ortho intramolecular Hbond substituents is 2. The first-order chi connectivity index (χ1) is 11.1. The lowest BCUT2D eigenvalue weighted by Gasteiger charge is -2.13. The van der Waals surface area contributed by atoms with Crippen molar-refractivity contribution in [3.05, 3.63) is 36.4 Å². The van der Waals surface area contributed by atoms with Crippen LogP contribution in [0.3, 0.4) is 0 Å². The van der Waals surface area contributed by atoms with Crippen LogP contribution in [0.4, 0.5) is 17.1 Å². The Morgan fingerprint density at radius 2 is 1.17 bits per heavy atom. The highest BCUT2D eigenvalue weighted by molar-refractivity contribution is 5.73. The number of hydrogen-bond acceptors (Lipinski definition) is 9. The van der Waals surface area contributed by atoms with Gasteiger partial charge < -0.3 is 15.1 Å². The second kappa shape index (κ2) is 9.19. The van der Waals surface area contributed by atoms with E-state index in [-0.39, 0.29) is 6.07 Å². The van der Waals surface area contributed by atoms with E-state index in [1.165, 1.54) is 19.6 Å². The first-order valence-corrected chi connectivity index (χ1v) is 6.86. The van der Waals surface area contributed by atoms with Crippen LogP contribution in [0.2, 0.25) is 0 Å². The minimum Gasteiger partial charge on any atom is -0.497 e. The molecule has 0 aliphatic heterocycles. The second-order valence-corrected chi connectivity index (χ2v) is 4.35. The molecule has 0 unspecified atom stereocenters. The van der Waals surface area contributed by atoms with Crippen LogP contribution in [0.15, 0.2) is 6.07 Å². The lowest BCUT2D eigenvalue weighted by molar-refractivity contribution is -0.405. The minimum atomic E-state index is -1.48. The number of nitro groups is 3. The Morgan fingerprint density at radius 1 is 0.833 bits per heavy atom. The Kier molecular flexibility index (Phi) is 8.04. The van der Waals surface area contributed by atoms with E-state index in [1.54, 1.807) is 0 Å². The standard InChI is InChI=1S/C6H3N3O8.C6H15N/c10-5-2(7(12)13)1-3(8(14)15)6(11)4(5)9(16)17;1-4-7(5-2)6-3/h1,10-11H;4-6H2,1-3H3. The molecule has 0 spiro atoms. The zero-order valence-corrected chi connectivity index (χ0v) is 13.3. The second-order valence-electron chi connectivity index (χ2n) is 4.35. The van der Waals surface area contributed by atoms with Crippen LogP contribution < -0.4 is 0 Å². The molecule has 0 bridgehead atoms. The molecule has 2 N–H and O–H groups in total. The Hall–Kier alpha value is -3.02. The summed E-state index contributed by atoms with van der Waals surface area (Å²) in [5.74, 6) is -2.88. The van der Waals surface area contributed by atoms with Crippen LogP contribution in [-0.4, -0.2) is 49.5 Å². The molecule has 12 nitrogen and oxygen atoms in total. The molecule has 0 aliphatic carbocycles. The van der Waals surface area contributed by atoms with Gasteiger partial charge in [-0.2, -0.15) is 0 Å². The van der Waals surface area contributed by atoms with Crippen molar-refractivity contribution in [3.8, 4) is 11.5 Å². The maximum absolute atomic E-state index is 10.4. The third-order valence-corrected chi connectivity index (χ3v) is 3.12. The Bertz CT molecular complexity index is 586. The molecule has 0 aliphatic rings. The average molecular weight is 346 g/mol. The number of rotatable bonds is 6. The number of hydrogen-bond donors (Lipinski definition) is 2. The molecule has 0 heterocycles. The zero-order chi connectivity index (χ0) is 19.0. The van der Waals surface area contributed by atoms with E-state index in [2.05, 4.69) is 25.7 Å². The Balaban J connectivity index is 0.000000640. The van der Waals surface area contributed by atoms with Crippen LogP contribution in [0.1, 0.15) is 20.8 Å². The molecule has 1 aromatic carbocycles. The topological polar surface area (TPSA) is 173 Å². The van der Waals surface area contributed by atoms with Crippen molar-refractivity contribution in [2.45, 2.75) is 20.8 Å². The summed E-state index contributed by atoms with van der Waals surface area (Å²) in [4.78, 5) is 29.8. The smallest absolute Gasteiger partial charge is 0.366 e. The number of nitrogens with zero attached hydrogens (tertiary/aromatic N) is 4. The quantitative estimate of drug-likeness (QED) is 0.577. The van der Waals surface area contributed by atoms with Crippen molar-refractivity contribution in [2.24, 2.45) is 0 Å². The van der Waals surface area contributed by atoms with Gasteiger partial charge in [-0.1, -0.05) is 20.8 Å². The predicted octanol–water partition coefficient (Wildman–Crippen LogP) is 2.17. The number of benzene rings is 1. The maximum atomic E-state index is 10.4. The summed E-state index contributed by atoms with van der Waals surface area (Å²) in [6, 6.07) is 0.234. The molecule has 0 radical (unpaired) electrons. The highest BCUT2D eigenvalue weighted by Crippen LogP contribution is 2.47. The predicted molar refractivity (Wildman–Crippen MR) is 83.2 cm³/mol. The average Bonchev–Trinajstić information content (AvgIpc) is 2.48.